The highest BCUT2D eigenvalue weighted by molar-refractivity contribution is 5.93. The zero-order chi connectivity index (χ0) is 17.1. The molecule has 0 saturated carbocycles. The van der Waals surface area contributed by atoms with Gasteiger partial charge >= 0.3 is 0 Å². The van der Waals surface area contributed by atoms with Gasteiger partial charge in [0, 0.05) is 36.3 Å². The lowest BCUT2D eigenvalue weighted by molar-refractivity contribution is -0.117. The summed E-state index contributed by atoms with van der Waals surface area (Å²) in [4.78, 5) is 18.5. The van der Waals surface area contributed by atoms with Crippen molar-refractivity contribution in [3.8, 4) is 0 Å². The summed E-state index contributed by atoms with van der Waals surface area (Å²) in [6.45, 7) is 6.06. The number of aromatic nitrogens is 1. The van der Waals surface area contributed by atoms with E-state index in [1.54, 1.807) is 6.92 Å². The number of anilines is 2. The number of fused-ring (bicyclic) bond motifs is 1. The molecule has 0 spiro atoms. The third-order valence-corrected chi connectivity index (χ3v) is 4.91. The molecule has 1 aliphatic rings. The lowest BCUT2D eigenvalue weighted by atomic mass is 9.80. The maximum atomic E-state index is 12.3. The first-order valence-corrected chi connectivity index (χ1v) is 8.68. The minimum Gasteiger partial charge on any atom is -0.378 e. The van der Waals surface area contributed by atoms with Crippen molar-refractivity contribution in [1.29, 1.82) is 0 Å². The van der Waals surface area contributed by atoms with Crippen molar-refractivity contribution in [2.24, 2.45) is 5.92 Å². The van der Waals surface area contributed by atoms with E-state index in [4.69, 9.17) is 0 Å². The molecule has 1 aromatic heterocycles. The first-order valence-electron chi connectivity index (χ1n) is 8.68. The quantitative estimate of drug-likeness (QED) is 0.906. The molecule has 4 nitrogen and oxygen atoms in total. The van der Waals surface area contributed by atoms with Crippen LogP contribution in [0.4, 0.5) is 11.4 Å². The summed E-state index contributed by atoms with van der Waals surface area (Å²) in [5.41, 5.74) is 3.18. The van der Waals surface area contributed by atoms with Crippen LogP contribution >= 0.6 is 0 Å². The van der Waals surface area contributed by atoms with Gasteiger partial charge in [0.2, 0.25) is 5.91 Å². The molecule has 0 saturated heterocycles. The average Bonchev–Trinajstić information content (AvgIpc) is 2.59. The summed E-state index contributed by atoms with van der Waals surface area (Å²) >= 11 is 0. The molecule has 2 aromatic rings. The predicted octanol–water partition coefficient (Wildman–Crippen LogP) is 4.41. The van der Waals surface area contributed by atoms with Crippen LogP contribution < -0.4 is 10.2 Å². The Bertz CT molecular complexity index is 701. The summed E-state index contributed by atoms with van der Waals surface area (Å²) in [5, 5.41) is 3.67. The van der Waals surface area contributed by atoms with Crippen molar-refractivity contribution in [3.05, 3.63) is 54.4 Å². The van der Waals surface area contributed by atoms with Crippen LogP contribution in [0.2, 0.25) is 0 Å². The molecule has 0 bridgehead atoms. The van der Waals surface area contributed by atoms with E-state index in [1.807, 2.05) is 41.6 Å². The Kier molecular flexibility index (Phi) is 4.84. The van der Waals surface area contributed by atoms with Crippen molar-refractivity contribution in [1.82, 2.24) is 4.98 Å². The van der Waals surface area contributed by atoms with Crippen LogP contribution in [-0.2, 0) is 4.79 Å². The molecule has 24 heavy (non-hydrogen) atoms. The van der Waals surface area contributed by atoms with Crippen molar-refractivity contribution in [3.63, 3.8) is 0 Å². The van der Waals surface area contributed by atoms with Crippen molar-refractivity contribution >= 4 is 17.3 Å². The Labute approximate surface area is 143 Å². The number of hydrogen-bond acceptors (Lipinski definition) is 3. The second kappa shape index (κ2) is 7.04. The van der Waals surface area contributed by atoms with Crippen LogP contribution in [-0.4, -0.2) is 16.9 Å². The average molecular weight is 323 g/mol. The highest BCUT2D eigenvalue weighted by atomic mass is 16.2. The molecule has 0 fully saturated rings. The Morgan fingerprint density at radius 3 is 2.67 bits per heavy atom. The van der Waals surface area contributed by atoms with Gasteiger partial charge in [0.25, 0.3) is 0 Å². The smallest absolute Gasteiger partial charge is 0.224 e. The van der Waals surface area contributed by atoms with E-state index < -0.39 is 0 Å². The van der Waals surface area contributed by atoms with E-state index >= 15 is 0 Å². The zero-order valence-corrected chi connectivity index (χ0v) is 14.6. The SMILES string of the molecule is CCCC1C(C)C(Nc2ccccc2)c2ccncc2N1C(C)=O. The van der Waals surface area contributed by atoms with Gasteiger partial charge in [0.15, 0.2) is 0 Å². The van der Waals surface area contributed by atoms with Gasteiger partial charge in [-0.15, -0.1) is 0 Å². The first-order chi connectivity index (χ1) is 11.6. The molecule has 1 N–H and O–H groups in total. The van der Waals surface area contributed by atoms with Crippen molar-refractivity contribution in [2.45, 2.75) is 45.7 Å². The van der Waals surface area contributed by atoms with Gasteiger partial charge in [-0.2, -0.15) is 0 Å². The Morgan fingerprint density at radius 2 is 2.00 bits per heavy atom. The van der Waals surface area contributed by atoms with Gasteiger partial charge in [-0.1, -0.05) is 38.5 Å². The van der Waals surface area contributed by atoms with E-state index in [9.17, 15) is 4.79 Å². The van der Waals surface area contributed by atoms with Crippen LogP contribution in [0.25, 0.3) is 0 Å². The van der Waals surface area contributed by atoms with E-state index in [2.05, 4.69) is 36.3 Å². The second-order valence-corrected chi connectivity index (χ2v) is 6.53. The van der Waals surface area contributed by atoms with E-state index in [0.717, 1.165) is 29.8 Å². The van der Waals surface area contributed by atoms with Gasteiger partial charge in [-0.25, -0.2) is 0 Å². The Balaban J connectivity index is 2.04. The number of rotatable bonds is 4. The molecule has 126 valence electrons. The second-order valence-electron chi connectivity index (χ2n) is 6.53. The maximum Gasteiger partial charge on any atom is 0.224 e. The fraction of sp³-hybridized carbons (Fsp3) is 0.400. The van der Waals surface area contributed by atoms with Crippen LogP contribution in [0.3, 0.4) is 0 Å². The van der Waals surface area contributed by atoms with Crippen molar-refractivity contribution in [2.75, 3.05) is 10.2 Å². The van der Waals surface area contributed by atoms with E-state index in [0.29, 0.717) is 5.92 Å². The minimum absolute atomic E-state index is 0.0905. The fourth-order valence-corrected chi connectivity index (χ4v) is 3.79. The summed E-state index contributed by atoms with van der Waals surface area (Å²) in [6.07, 6.45) is 5.67. The highest BCUT2D eigenvalue weighted by Gasteiger charge is 2.39. The zero-order valence-electron chi connectivity index (χ0n) is 14.6. The largest absolute Gasteiger partial charge is 0.378 e. The molecule has 0 radical (unpaired) electrons. The monoisotopic (exact) mass is 323 g/mol. The van der Waals surface area contributed by atoms with Gasteiger partial charge < -0.3 is 10.2 Å². The van der Waals surface area contributed by atoms with Gasteiger partial charge in [-0.3, -0.25) is 9.78 Å². The number of para-hydroxylation sites is 1. The number of nitrogens with one attached hydrogen (secondary N) is 1. The van der Waals surface area contributed by atoms with Crippen LogP contribution in [0.5, 0.6) is 0 Å². The number of benzene rings is 1. The Morgan fingerprint density at radius 1 is 1.25 bits per heavy atom. The molecular formula is C20H25N3O. The van der Waals surface area contributed by atoms with E-state index in [1.165, 1.54) is 0 Å². The highest BCUT2D eigenvalue weighted by Crippen LogP contribution is 2.43. The van der Waals surface area contributed by atoms with Crippen LogP contribution in [0, 0.1) is 5.92 Å². The van der Waals surface area contributed by atoms with Gasteiger partial charge in [0.1, 0.15) is 0 Å². The topological polar surface area (TPSA) is 45.2 Å². The number of nitrogens with zero attached hydrogens (tertiary/aromatic N) is 2. The molecular weight excluding hydrogens is 298 g/mol. The molecule has 3 rings (SSSR count). The van der Waals surface area contributed by atoms with Gasteiger partial charge in [-0.05, 0) is 24.6 Å². The summed E-state index contributed by atoms with van der Waals surface area (Å²) in [5.74, 6) is 0.400. The standard InChI is InChI=1S/C20H25N3O/c1-4-8-18-14(2)20(22-16-9-6-5-7-10-16)17-11-12-21-13-19(17)23(18)15(3)24/h5-7,9-14,18,20,22H,4,8H2,1-3H3. The number of carbonyl (C=O) groups excluding carboxylic acids is 1. The molecule has 4 heteroatoms. The first kappa shape index (κ1) is 16.5. The summed E-state index contributed by atoms with van der Waals surface area (Å²) in [6, 6.07) is 12.6. The molecule has 1 amide bonds. The fourth-order valence-electron chi connectivity index (χ4n) is 3.79. The summed E-state index contributed by atoms with van der Waals surface area (Å²) in [7, 11) is 0. The molecule has 2 heterocycles. The molecule has 1 aliphatic heterocycles. The number of pyridine rings is 1. The maximum absolute atomic E-state index is 12.3. The van der Waals surface area contributed by atoms with E-state index in [-0.39, 0.29) is 18.0 Å². The van der Waals surface area contributed by atoms with Crippen LogP contribution in [0.15, 0.2) is 48.8 Å². The number of carbonyl (C=O) groups is 1. The summed E-state index contributed by atoms with van der Waals surface area (Å²) < 4.78 is 0. The minimum atomic E-state index is 0.0905. The Hall–Kier alpha value is -2.36. The molecule has 3 unspecified atom stereocenters. The third kappa shape index (κ3) is 3.01. The molecule has 1 aromatic carbocycles. The molecule has 0 aliphatic carbocycles. The number of hydrogen-bond donors (Lipinski definition) is 1. The normalized spacial score (nSPS) is 22.8. The lowest BCUT2D eigenvalue weighted by Crippen LogP contribution is -2.50. The van der Waals surface area contributed by atoms with Crippen molar-refractivity contribution < 1.29 is 4.79 Å². The lowest BCUT2D eigenvalue weighted by Gasteiger charge is -2.45. The molecule has 3 atom stereocenters. The van der Waals surface area contributed by atoms with Gasteiger partial charge in [0.05, 0.1) is 17.9 Å². The number of amides is 1. The van der Waals surface area contributed by atoms with Crippen LogP contribution in [0.1, 0.15) is 45.2 Å². The predicted molar refractivity (Wildman–Crippen MR) is 98.1 cm³/mol. The third-order valence-electron chi connectivity index (χ3n) is 4.91.